The van der Waals surface area contributed by atoms with Crippen LogP contribution in [0.3, 0.4) is 0 Å². The van der Waals surface area contributed by atoms with E-state index >= 15 is 0 Å². The summed E-state index contributed by atoms with van der Waals surface area (Å²) in [4.78, 5) is 2.44. The van der Waals surface area contributed by atoms with Crippen LogP contribution in [0.15, 0.2) is 16.7 Å². The Morgan fingerprint density at radius 1 is 1.44 bits per heavy atom. The maximum absolute atomic E-state index is 5.64. The summed E-state index contributed by atoms with van der Waals surface area (Å²) in [6, 6.07) is 2.06. The third-order valence-electron chi connectivity index (χ3n) is 3.55. The van der Waals surface area contributed by atoms with Crippen molar-refractivity contribution in [2.45, 2.75) is 39.4 Å². The summed E-state index contributed by atoms with van der Waals surface area (Å²) in [5, 5.41) is 3.35. The molecule has 0 saturated carbocycles. The topological polar surface area (TPSA) is 37.6 Å². The van der Waals surface area contributed by atoms with Crippen LogP contribution >= 0.6 is 0 Å². The summed E-state index contributed by atoms with van der Waals surface area (Å²) >= 11 is 0. The second-order valence-corrected chi connectivity index (χ2v) is 5.44. The SMILES string of the molecule is CCNCc1ccoc1CN1CCOCC1(C)C. The van der Waals surface area contributed by atoms with Gasteiger partial charge in [-0.05, 0) is 26.5 Å². The van der Waals surface area contributed by atoms with Gasteiger partial charge in [0, 0.05) is 24.2 Å². The van der Waals surface area contributed by atoms with E-state index in [1.54, 1.807) is 6.26 Å². The average Bonchev–Trinajstić information content (AvgIpc) is 2.76. The van der Waals surface area contributed by atoms with Gasteiger partial charge in [0.2, 0.25) is 0 Å². The minimum absolute atomic E-state index is 0.0838. The third kappa shape index (κ3) is 3.13. The highest BCUT2D eigenvalue weighted by Gasteiger charge is 2.31. The quantitative estimate of drug-likeness (QED) is 0.870. The summed E-state index contributed by atoms with van der Waals surface area (Å²) in [5.74, 6) is 1.07. The maximum atomic E-state index is 5.64. The summed E-state index contributed by atoms with van der Waals surface area (Å²) in [6.07, 6.45) is 1.79. The second kappa shape index (κ2) is 5.87. The van der Waals surface area contributed by atoms with Gasteiger partial charge in [-0.2, -0.15) is 0 Å². The van der Waals surface area contributed by atoms with E-state index in [1.807, 2.05) is 0 Å². The number of furan rings is 1. The van der Waals surface area contributed by atoms with Crippen molar-refractivity contribution in [2.24, 2.45) is 0 Å². The minimum atomic E-state index is 0.0838. The smallest absolute Gasteiger partial charge is 0.122 e. The maximum Gasteiger partial charge on any atom is 0.122 e. The van der Waals surface area contributed by atoms with Crippen LogP contribution in [0.5, 0.6) is 0 Å². The van der Waals surface area contributed by atoms with Crippen LogP contribution in [0.4, 0.5) is 0 Å². The van der Waals surface area contributed by atoms with Gasteiger partial charge in [-0.15, -0.1) is 0 Å². The van der Waals surface area contributed by atoms with Crippen molar-refractivity contribution in [1.29, 1.82) is 0 Å². The number of morpholine rings is 1. The molecule has 0 unspecified atom stereocenters. The molecule has 2 rings (SSSR count). The number of hydrogen-bond donors (Lipinski definition) is 1. The Hall–Kier alpha value is -0.840. The number of nitrogens with one attached hydrogen (secondary N) is 1. The Morgan fingerprint density at radius 2 is 2.28 bits per heavy atom. The van der Waals surface area contributed by atoms with Crippen LogP contribution in [-0.4, -0.2) is 36.7 Å². The van der Waals surface area contributed by atoms with Crippen LogP contribution in [-0.2, 0) is 17.8 Å². The van der Waals surface area contributed by atoms with E-state index < -0.39 is 0 Å². The van der Waals surface area contributed by atoms with Crippen molar-refractivity contribution < 1.29 is 9.15 Å². The number of ether oxygens (including phenoxy) is 1. The highest BCUT2D eigenvalue weighted by Crippen LogP contribution is 2.23. The van der Waals surface area contributed by atoms with Gasteiger partial charge in [-0.1, -0.05) is 6.92 Å². The predicted octanol–water partition coefficient (Wildman–Crippen LogP) is 2.00. The zero-order valence-corrected chi connectivity index (χ0v) is 11.7. The summed E-state index contributed by atoms with van der Waals surface area (Å²) in [7, 11) is 0. The average molecular weight is 252 g/mol. The molecule has 2 heterocycles. The molecule has 4 nitrogen and oxygen atoms in total. The Bertz CT molecular complexity index is 374. The van der Waals surface area contributed by atoms with Crippen molar-refractivity contribution in [3.63, 3.8) is 0 Å². The fourth-order valence-corrected chi connectivity index (χ4v) is 2.28. The lowest BCUT2D eigenvalue weighted by Crippen LogP contribution is -2.52. The number of nitrogens with zero attached hydrogens (tertiary/aromatic N) is 1. The summed E-state index contributed by atoms with van der Waals surface area (Å²) < 4.78 is 11.2. The van der Waals surface area contributed by atoms with Crippen molar-refractivity contribution >= 4 is 0 Å². The van der Waals surface area contributed by atoms with Crippen molar-refractivity contribution in [2.75, 3.05) is 26.3 Å². The van der Waals surface area contributed by atoms with Gasteiger partial charge in [0.1, 0.15) is 5.76 Å². The minimum Gasteiger partial charge on any atom is -0.468 e. The van der Waals surface area contributed by atoms with Crippen LogP contribution < -0.4 is 5.32 Å². The molecule has 0 amide bonds. The zero-order chi connectivity index (χ0) is 13.0. The van der Waals surface area contributed by atoms with Crippen molar-refractivity contribution in [1.82, 2.24) is 10.2 Å². The van der Waals surface area contributed by atoms with E-state index in [-0.39, 0.29) is 5.54 Å². The molecule has 1 aliphatic heterocycles. The van der Waals surface area contributed by atoms with Crippen molar-refractivity contribution in [3.05, 3.63) is 23.7 Å². The normalized spacial score (nSPS) is 20.2. The van der Waals surface area contributed by atoms with Gasteiger partial charge in [0.15, 0.2) is 0 Å². The standard InChI is InChI=1S/C14H24N2O2/c1-4-15-9-12-5-7-18-13(12)10-16-6-8-17-11-14(16,2)3/h5,7,15H,4,6,8-11H2,1-3H3. The van der Waals surface area contributed by atoms with E-state index in [0.29, 0.717) is 0 Å². The van der Waals surface area contributed by atoms with E-state index in [0.717, 1.165) is 45.2 Å². The molecule has 0 bridgehead atoms. The molecule has 1 saturated heterocycles. The molecule has 0 atom stereocenters. The van der Waals surface area contributed by atoms with E-state index in [9.17, 15) is 0 Å². The van der Waals surface area contributed by atoms with Gasteiger partial charge in [-0.25, -0.2) is 0 Å². The molecule has 1 aromatic heterocycles. The Morgan fingerprint density at radius 3 is 3.00 bits per heavy atom. The Kier molecular flexibility index (Phi) is 4.43. The monoisotopic (exact) mass is 252 g/mol. The lowest BCUT2D eigenvalue weighted by Gasteiger charge is -2.41. The predicted molar refractivity (Wildman–Crippen MR) is 71.4 cm³/mol. The molecule has 1 fully saturated rings. The Labute approximate surface area is 109 Å². The molecular formula is C14H24N2O2. The first-order valence-electron chi connectivity index (χ1n) is 6.72. The van der Waals surface area contributed by atoms with Gasteiger partial charge in [-0.3, -0.25) is 4.90 Å². The van der Waals surface area contributed by atoms with Crippen LogP contribution in [0.1, 0.15) is 32.1 Å². The molecule has 0 aromatic carbocycles. The van der Waals surface area contributed by atoms with Crippen molar-refractivity contribution in [3.8, 4) is 0 Å². The first kappa shape index (κ1) is 13.6. The van der Waals surface area contributed by atoms with Gasteiger partial charge in [0.05, 0.1) is 26.0 Å². The van der Waals surface area contributed by atoms with Gasteiger partial charge >= 0.3 is 0 Å². The largest absolute Gasteiger partial charge is 0.468 e. The second-order valence-electron chi connectivity index (χ2n) is 5.44. The molecule has 4 heteroatoms. The molecule has 1 aliphatic rings. The fourth-order valence-electron chi connectivity index (χ4n) is 2.28. The lowest BCUT2D eigenvalue weighted by atomic mass is 10.0. The van der Waals surface area contributed by atoms with E-state index in [4.69, 9.17) is 9.15 Å². The van der Waals surface area contributed by atoms with Crippen LogP contribution in [0.2, 0.25) is 0 Å². The molecule has 0 aliphatic carbocycles. The van der Waals surface area contributed by atoms with Crippen LogP contribution in [0, 0.1) is 0 Å². The Balaban J connectivity index is 2.01. The zero-order valence-electron chi connectivity index (χ0n) is 11.7. The molecule has 18 heavy (non-hydrogen) atoms. The molecule has 1 aromatic rings. The highest BCUT2D eigenvalue weighted by atomic mass is 16.5. The first-order valence-corrected chi connectivity index (χ1v) is 6.72. The first-order chi connectivity index (χ1) is 8.63. The molecule has 0 radical (unpaired) electrons. The number of rotatable bonds is 5. The molecule has 102 valence electrons. The fraction of sp³-hybridized carbons (Fsp3) is 0.714. The third-order valence-corrected chi connectivity index (χ3v) is 3.55. The molecule has 0 spiro atoms. The molecule has 1 N–H and O–H groups in total. The highest BCUT2D eigenvalue weighted by molar-refractivity contribution is 5.17. The van der Waals surface area contributed by atoms with Crippen LogP contribution in [0.25, 0.3) is 0 Å². The van der Waals surface area contributed by atoms with Gasteiger partial charge < -0.3 is 14.5 Å². The number of hydrogen-bond acceptors (Lipinski definition) is 4. The lowest BCUT2D eigenvalue weighted by molar-refractivity contribution is -0.0578. The van der Waals surface area contributed by atoms with E-state index in [2.05, 4.69) is 37.1 Å². The molecular weight excluding hydrogens is 228 g/mol. The summed E-state index contributed by atoms with van der Waals surface area (Å²) in [5.41, 5.74) is 1.35. The van der Waals surface area contributed by atoms with E-state index in [1.165, 1.54) is 5.56 Å². The van der Waals surface area contributed by atoms with Gasteiger partial charge in [0.25, 0.3) is 0 Å². The summed E-state index contributed by atoms with van der Waals surface area (Å²) in [6.45, 7) is 11.9.